The minimum absolute atomic E-state index is 0.145. The number of ether oxygens (including phenoxy) is 1. The van der Waals surface area contributed by atoms with E-state index in [1.165, 1.54) is 12.8 Å². The number of nitrogens with one attached hydrogen (secondary N) is 1. The summed E-state index contributed by atoms with van der Waals surface area (Å²) in [5.41, 5.74) is -0.444. The Morgan fingerprint density at radius 3 is 2.14 bits per heavy atom. The quantitative estimate of drug-likeness (QED) is 0.684. The minimum Gasteiger partial charge on any atom is -0.444 e. The fourth-order valence-electron chi connectivity index (χ4n) is 2.32. The molecule has 0 aromatic carbocycles. The van der Waals surface area contributed by atoms with Gasteiger partial charge in [-0.25, -0.2) is 4.79 Å². The van der Waals surface area contributed by atoms with Gasteiger partial charge in [-0.15, -0.1) is 0 Å². The van der Waals surface area contributed by atoms with Crippen LogP contribution >= 0.6 is 0 Å². The molecule has 0 fully saturated rings. The average molecular weight is 315 g/mol. The first-order chi connectivity index (χ1) is 10.1. The van der Waals surface area contributed by atoms with E-state index in [9.17, 15) is 4.79 Å². The molecule has 1 amide bonds. The predicted octanol–water partition coefficient (Wildman–Crippen LogP) is 4.44. The van der Waals surface area contributed by atoms with E-state index in [4.69, 9.17) is 4.74 Å². The van der Waals surface area contributed by atoms with Crippen LogP contribution in [0.5, 0.6) is 0 Å². The van der Waals surface area contributed by atoms with Crippen LogP contribution in [0.3, 0.4) is 0 Å². The number of hydrogen-bond donors (Lipinski definition) is 1. The molecule has 22 heavy (non-hydrogen) atoms. The van der Waals surface area contributed by atoms with Gasteiger partial charge in [-0.1, -0.05) is 27.2 Å². The summed E-state index contributed by atoms with van der Waals surface area (Å²) in [5.74, 6) is 0.740. The second-order valence-electron chi connectivity index (χ2n) is 7.58. The van der Waals surface area contributed by atoms with E-state index in [-0.39, 0.29) is 12.1 Å². The molecule has 2 unspecified atom stereocenters. The number of amides is 1. The minimum atomic E-state index is -0.444. The van der Waals surface area contributed by atoms with E-state index in [0.29, 0.717) is 12.6 Å². The van der Waals surface area contributed by atoms with E-state index in [1.807, 2.05) is 34.6 Å². The lowest BCUT2D eigenvalue weighted by Crippen LogP contribution is -2.45. The molecule has 0 aliphatic heterocycles. The van der Waals surface area contributed by atoms with Crippen LogP contribution in [0, 0.1) is 5.92 Å². The molecular weight excluding hydrogens is 276 g/mol. The molecule has 0 spiro atoms. The third-order valence-electron chi connectivity index (χ3n) is 3.91. The van der Waals surface area contributed by atoms with Crippen LogP contribution in [0.25, 0.3) is 0 Å². The summed E-state index contributed by atoms with van der Waals surface area (Å²) in [7, 11) is 0. The summed E-state index contributed by atoms with van der Waals surface area (Å²) in [6, 6.07) is 0.675. The van der Waals surface area contributed by atoms with Gasteiger partial charge in [0.05, 0.1) is 0 Å². The highest BCUT2D eigenvalue weighted by Gasteiger charge is 2.24. The standard InChI is InChI=1S/C18H38N2O2/c1-9-15(5)13-16(10-2)19-11-12-20(14(3)4)17(21)22-18(6,7)8/h14-16,19H,9-13H2,1-8H3. The van der Waals surface area contributed by atoms with Gasteiger partial charge in [-0.3, -0.25) is 0 Å². The predicted molar refractivity (Wildman–Crippen MR) is 94.2 cm³/mol. The van der Waals surface area contributed by atoms with Crippen molar-refractivity contribution in [2.45, 2.75) is 92.3 Å². The van der Waals surface area contributed by atoms with Gasteiger partial charge in [0, 0.05) is 25.2 Å². The zero-order valence-corrected chi connectivity index (χ0v) is 16.0. The Morgan fingerprint density at radius 1 is 1.14 bits per heavy atom. The van der Waals surface area contributed by atoms with Crippen molar-refractivity contribution >= 4 is 6.09 Å². The highest BCUT2D eigenvalue weighted by molar-refractivity contribution is 5.68. The normalized spacial score (nSPS) is 14.8. The lowest BCUT2D eigenvalue weighted by atomic mass is 9.98. The van der Waals surface area contributed by atoms with Gasteiger partial charge in [0.2, 0.25) is 0 Å². The maximum absolute atomic E-state index is 12.2. The van der Waals surface area contributed by atoms with Gasteiger partial charge in [-0.2, -0.15) is 0 Å². The molecule has 0 aliphatic carbocycles. The lowest BCUT2D eigenvalue weighted by molar-refractivity contribution is 0.0192. The topological polar surface area (TPSA) is 41.6 Å². The molecule has 132 valence electrons. The van der Waals surface area contributed by atoms with Crippen LogP contribution < -0.4 is 5.32 Å². The SMILES string of the molecule is CCC(C)CC(CC)NCCN(C(=O)OC(C)(C)C)C(C)C. The second-order valence-corrected chi connectivity index (χ2v) is 7.58. The van der Waals surface area contributed by atoms with Crippen LogP contribution in [0.4, 0.5) is 4.79 Å². The maximum atomic E-state index is 12.2. The largest absolute Gasteiger partial charge is 0.444 e. The Bertz CT molecular complexity index is 311. The lowest BCUT2D eigenvalue weighted by Gasteiger charge is -2.31. The summed E-state index contributed by atoms with van der Waals surface area (Å²) in [6.07, 6.45) is 3.31. The van der Waals surface area contributed by atoms with Crippen molar-refractivity contribution in [1.82, 2.24) is 10.2 Å². The molecule has 4 nitrogen and oxygen atoms in total. The third kappa shape index (κ3) is 9.29. The Morgan fingerprint density at radius 2 is 1.73 bits per heavy atom. The number of carbonyl (C=O) groups is 1. The molecule has 0 aromatic rings. The highest BCUT2D eigenvalue weighted by atomic mass is 16.6. The van der Waals surface area contributed by atoms with Gasteiger partial charge in [0.25, 0.3) is 0 Å². The Kier molecular flexibility index (Phi) is 9.74. The van der Waals surface area contributed by atoms with E-state index in [1.54, 1.807) is 4.90 Å². The number of hydrogen-bond acceptors (Lipinski definition) is 3. The van der Waals surface area contributed by atoms with E-state index >= 15 is 0 Å². The van der Waals surface area contributed by atoms with Crippen molar-refractivity contribution in [3.63, 3.8) is 0 Å². The van der Waals surface area contributed by atoms with Gasteiger partial charge >= 0.3 is 6.09 Å². The summed E-state index contributed by atoms with van der Waals surface area (Å²) in [6.45, 7) is 18.0. The smallest absolute Gasteiger partial charge is 0.410 e. The fourth-order valence-corrected chi connectivity index (χ4v) is 2.32. The molecule has 0 saturated heterocycles. The first kappa shape index (κ1) is 21.2. The zero-order valence-electron chi connectivity index (χ0n) is 16.0. The number of rotatable bonds is 9. The summed E-state index contributed by atoms with van der Waals surface area (Å²) in [4.78, 5) is 14.0. The first-order valence-electron chi connectivity index (χ1n) is 8.83. The molecule has 0 rings (SSSR count). The molecule has 2 atom stereocenters. The number of nitrogens with zero attached hydrogens (tertiary/aromatic N) is 1. The van der Waals surface area contributed by atoms with Crippen molar-refractivity contribution in [1.29, 1.82) is 0 Å². The summed E-state index contributed by atoms with van der Waals surface area (Å²) in [5, 5.41) is 3.59. The summed E-state index contributed by atoms with van der Waals surface area (Å²) >= 11 is 0. The van der Waals surface area contributed by atoms with Crippen molar-refractivity contribution in [3.05, 3.63) is 0 Å². The Hall–Kier alpha value is -0.770. The monoisotopic (exact) mass is 314 g/mol. The highest BCUT2D eigenvalue weighted by Crippen LogP contribution is 2.13. The van der Waals surface area contributed by atoms with Crippen LogP contribution in [-0.4, -0.2) is 41.8 Å². The Balaban J connectivity index is 4.38. The molecular formula is C18H38N2O2. The molecule has 0 heterocycles. The third-order valence-corrected chi connectivity index (χ3v) is 3.91. The molecule has 1 N–H and O–H groups in total. The zero-order chi connectivity index (χ0) is 17.3. The molecule has 4 heteroatoms. The summed E-state index contributed by atoms with van der Waals surface area (Å²) < 4.78 is 5.49. The number of carbonyl (C=O) groups excluding carboxylic acids is 1. The van der Waals surface area contributed by atoms with Gasteiger partial charge < -0.3 is 15.0 Å². The fraction of sp³-hybridized carbons (Fsp3) is 0.944. The molecule has 0 aliphatic rings. The average Bonchev–Trinajstić information content (AvgIpc) is 2.39. The van der Waals surface area contributed by atoms with Crippen LogP contribution in [-0.2, 0) is 4.74 Å². The Labute approximate surface area is 138 Å². The van der Waals surface area contributed by atoms with Gasteiger partial charge in [-0.05, 0) is 53.4 Å². The van der Waals surface area contributed by atoms with E-state index < -0.39 is 5.60 Å². The molecule has 0 radical (unpaired) electrons. The van der Waals surface area contributed by atoms with Crippen molar-refractivity contribution in [2.75, 3.05) is 13.1 Å². The first-order valence-corrected chi connectivity index (χ1v) is 8.83. The van der Waals surface area contributed by atoms with Crippen LogP contribution in [0.1, 0.15) is 74.7 Å². The van der Waals surface area contributed by atoms with E-state index in [0.717, 1.165) is 18.9 Å². The molecule has 0 bridgehead atoms. The van der Waals surface area contributed by atoms with Gasteiger partial charge in [0.15, 0.2) is 0 Å². The van der Waals surface area contributed by atoms with Crippen LogP contribution in [0.15, 0.2) is 0 Å². The van der Waals surface area contributed by atoms with Crippen LogP contribution in [0.2, 0.25) is 0 Å². The van der Waals surface area contributed by atoms with Crippen molar-refractivity contribution < 1.29 is 9.53 Å². The maximum Gasteiger partial charge on any atom is 0.410 e. The molecule has 0 aromatic heterocycles. The second kappa shape index (κ2) is 10.1. The van der Waals surface area contributed by atoms with Gasteiger partial charge in [0.1, 0.15) is 5.60 Å². The molecule has 0 saturated carbocycles. The van der Waals surface area contributed by atoms with Crippen molar-refractivity contribution in [3.8, 4) is 0 Å². The van der Waals surface area contributed by atoms with E-state index in [2.05, 4.69) is 26.1 Å². The van der Waals surface area contributed by atoms with Crippen molar-refractivity contribution in [2.24, 2.45) is 5.92 Å².